The largest absolute Gasteiger partial charge is 0.489 e. The number of nitrogens with one attached hydrogen (secondary N) is 2. The van der Waals surface area contributed by atoms with Gasteiger partial charge in [-0.1, -0.05) is 13.8 Å². The standard InChI is InChI=1S/C34H46F2N6O6S/c1-22(2)28(37)32(44)48-18-19-49(45,46)40-24-5-6-25(26(21-24)41-13-9-33(7-8-33)10-14-41)31(43)39-27-20-23-4-3-17-47-29(23)30(38-27)42-15-11-34(35,36)12-16-42/h5-6,20-22,28,40H,3-4,7-19,37H2,1-2H3,(H,38,39,43)/t28-/m0/s1. The highest BCUT2D eigenvalue weighted by atomic mass is 32.2. The Labute approximate surface area is 286 Å². The van der Waals surface area contributed by atoms with E-state index in [0.717, 1.165) is 37.9 Å². The van der Waals surface area contributed by atoms with Crippen LogP contribution in [0.4, 0.5) is 31.8 Å². The van der Waals surface area contributed by atoms with Crippen LogP contribution >= 0.6 is 0 Å². The monoisotopic (exact) mass is 704 g/mol. The van der Waals surface area contributed by atoms with Gasteiger partial charge >= 0.3 is 5.97 Å². The topological polar surface area (TPSA) is 156 Å². The second kappa shape index (κ2) is 13.9. The molecule has 3 fully saturated rings. The molecule has 1 amide bonds. The molecule has 6 rings (SSSR count). The summed E-state index contributed by atoms with van der Waals surface area (Å²) in [6, 6.07) is 5.70. The van der Waals surface area contributed by atoms with Gasteiger partial charge in [-0.3, -0.25) is 14.3 Å². The Morgan fingerprint density at radius 1 is 1.04 bits per heavy atom. The number of piperidine rings is 2. The summed E-state index contributed by atoms with van der Waals surface area (Å²) >= 11 is 0. The molecule has 49 heavy (non-hydrogen) atoms. The van der Waals surface area contributed by atoms with E-state index in [1.54, 1.807) is 36.9 Å². The van der Waals surface area contributed by atoms with Crippen LogP contribution in [-0.2, 0) is 26.0 Å². The zero-order chi connectivity index (χ0) is 35.0. The summed E-state index contributed by atoms with van der Waals surface area (Å²) in [4.78, 5) is 34.6. The fourth-order valence-electron chi connectivity index (χ4n) is 6.66. The molecule has 2 saturated heterocycles. The van der Waals surface area contributed by atoms with E-state index in [1.165, 1.54) is 18.9 Å². The number of aryl methyl sites for hydroxylation is 1. The normalized spacial score (nSPS) is 20.3. The molecular formula is C34H46F2N6O6S. The average molecular weight is 705 g/mol. The van der Waals surface area contributed by atoms with Crippen molar-refractivity contribution < 1.29 is 36.3 Å². The van der Waals surface area contributed by atoms with Crippen LogP contribution in [0.25, 0.3) is 0 Å². The van der Waals surface area contributed by atoms with Gasteiger partial charge in [0.05, 0.1) is 23.5 Å². The molecule has 4 heterocycles. The lowest BCUT2D eigenvalue weighted by molar-refractivity contribution is -0.145. The van der Waals surface area contributed by atoms with Gasteiger partial charge in [0.1, 0.15) is 24.2 Å². The van der Waals surface area contributed by atoms with Crippen LogP contribution in [0.15, 0.2) is 24.3 Å². The molecule has 3 aliphatic heterocycles. The number of sulfonamides is 1. The van der Waals surface area contributed by atoms with Crippen molar-refractivity contribution >= 4 is 44.9 Å². The van der Waals surface area contributed by atoms with E-state index in [4.69, 9.17) is 20.2 Å². The quantitative estimate of drug-likeness (QED) is 0.284. The number of halogens is 2. The zero-order valence-corrected chi connectivity index (χ0v) is 28.9. The van der Waals surface area contributed by atoms with Crippen LogP contribution in [0.2, 0.25) is 0 Å². The summed E-state index contributed by atoms with van der Waals surface area (Å²) in [7, 11) is -3.91. The summed E-state index contributed by atoms with van der Waals surface area (Å²) in [6.45, 7) is 5.40. The minimum atomic E-state index is -3.91. The number of carbonyl (C=O) groups is 2. The zero-order valence-electron chi connectivity index (χ0n) is 28.1. The van der Waals surface area contributed by atoms with Gasteiger partial charge in [-0.05, 0) is 74.1 Å². The van der Waals surface area contributed by atoms with Crippen LogP contribution in [0, 0.1) is 11.3 Å². The lowest BCUT2D eigenvalue weighted by atomic mass is 9.93. The Morgan fingerprint density at radius 2 is 1.73 bits per heavy atom. The Bertz CT molecular complexity index is 1670. The van der Waals surface area contributed by atoms with Crippen LogP contribution in [0.5, 0.6) is 5.75 Å². The number of pyridine rings is 1. The molecule has 0 bridgehead atoms. The third-order valence-corrected chi connectivity index (χ3v) is 11.4. The smallest absolute Gasteiger partial charge is 0.323 e. The molecule has 1 aromatic heterocycles. The van der Waals surface area contributed by atoms with Gasteiger partial charge in [0, 0.05) is 44.6 Å². The Balaban J connectivity index is 1.22. The molecule has 1 aliphatic carbocycles. The number of aromatic nitrogens is 1. The number of hydrogen-bond donors (Lipinski definition) is 3. The van der Waals surface area contributed by atoms with Gasteiger partial charge in [0.15, 0.2) is 11.6 Å². The van der Waals surface area contributed by atoms with Crippen molar-refractivity contribution in [3.05, 3.63) is 35.4 Å². The summed E-state index contributed by atoms with van der Waals surface area (Å²) in [5, 5.41) is 2.93. The maximum atomic E-state index is 14.0. The number of rotatable bonds is 11. The lowest BCUT2D eigenvalue weighted by Gasteiger charge is -2.35. The molecule has 1 aromatic carbocycles. The molecule has 0 radical (unpaired) electrons. The molecular weight excluding hydrogens is 658 g/mol. The third kappa shape index (κ3) is 8.36. The molecule has 1 atom stereocenters. The highest BCUT2D eigenvalue weighted by Crippen LogP contribution is 2.54. The molecule has 4 N–H and O–H groups in total. The van der Waals surface area contributed by atoms with E-state index in [0.29, 0.717) is 47.1 Å². The molecule has 1 spiro atoms. The fourth-order valence-corrected chi connectivity index (χ4v) is 7.55. The average Bonchev–Trinajstić information content (AvgIpc) is 3.82. The maximum Gasteiger partial charge on any atom is 0.323 e. The van der Waals surface area contributed by atoms with Gasteiger partial charge < -0.3 is 30.3 Å². The van der Waals surface area contributed by atoms with Crippen molar-refractivity contribution in [2.45, 2.75) is 77.2 Å². The maximum absolute atomic E-state index is 14.0. The molecule has 0 unspecified atom stereocenters. The van der Waals surface area contributed by atoms with Crippen LogP contribution < -0.4 is 30.3 Å². The van der Waals surface area contributed by atoms with Gasteiger partial charge in [-0.15, -0.1) is 0 Å². The molecule has 1 saturated carbocycles. The number of hydrogen-bond acceptors (Lipinski definition) is 10. The first kappa shape index (κ1) is 35.1. The summed E-state index contributed by atoms with van der Waals surface area (Å²) < 4.78 is 67.4. The number of amides is 1. The van der Waals surface area contributed by atoms with E-state index < -0.39 is 39.6 Å². The summed E-state index contributed by atoms with van der Waals surface area (Å²) in [5.41, 5.74) is 8.23. The first-order valence-corrected chi connectivity index (χ1v) is 18.8. The van der Waals surface area contributed by atoms with Gasteiger partial charge in [0.2, 0.25) is 10.0 Å². The Kier molecular flexibility index (Phi) is 9.95. The molecule has 4 aliphatic rings. The van der Waals surface area contributed by atoms with E-state index in [9.17, 15) is 26.8 Å². The summed E-state index contributed by atoms with van der Waals surface area (Å²) in [6.07, 6.45) is 5.29. The second-order valence-electron chi connectivity index (χ2n) is 14.1. The van der Waals surface area contributed by atoms with Crippen molar-refractivity contribution in [1.29, 1.82) is 0 Å². The number of carbonyl (C=O) groups excluding carboxylic acids is 2. The minimum Gasteiger partial charge on any atom is -0.489 e. The van der Waals surface area contributed by atoms with Crippen LogP contribution in [-0.4, -0.2) is 82.4 Å². The Morgan fingerprint density at radius 3 is 2.41 bits per heavy atom. The van der Waals surface area contributed by atoms with Crippen LogP contribution in [0.3, 0.4) is 0 Å². The lowest BCUT2D eigenvalue weighted by Crippen LogP contribution is -2.40. The molecule has 15 heteroatoms. The highest BCUT2D eigenvalue weighted by Gasteiger charge is 2.45. The van der Waals surface area contributed by atoms with E-state index in [2.05, 4.69) is 14.9 Å². The van der Waals surface area contributed by atoms with Crippen molar-refractivity contribution in [3.63, 3.8) is 0 Å². The first-order chi connectivity index (χ1) is 23.2. The number of fused-ring (bicyclic) bond motifs is 1. The Hall–Kier alpha value is -3.72. The number of esters is 1. The first-order valence-electron chi connectivity index (χ1n) is 17.2. The number of benzene rings is 1. The third-order valence-electron chi connectivity index (χ3n) is 10.1. The predicted molar refractivity (Wildman–Crippen MR) is 183 cm³/mol. The van der Waals surface area contributed by atoms with Gasteiger partial charge in [-0.25, -0.2) is 22.2 Å². The van der Waals surface area contributed by atoms with E-state index in [-0.39, 0.29) is 44.1 Å². The fraction of sp³-hybridized carbons (Fsp3) is 0.618. The number of anilines is 4. The predicted octanol–water partition coefficient (Wildman–Crippen LogP) is 4.54. The molecule has 12 nitrogen and oxygen atoms in total. The second-order valence-corrected chi connectivity index (χ2v) is 16.0. The number of alkyl halides is 2. The minimum absolute atomic E-state index is 0.124. The SMILES string of the molecule is CC(C)[C@H](N)C(=O)OCCS(=O)(=O)Nc1ccc(C(=O)Nc2cc3c(c(N4CCC(F)(F)CC4)n2)OCCC3)c(N2CCC3(CC2)CC3)c1. The van der Waals surface area contributed by atoms with Crippen molar-refractivity contribution in [1.82, 2.24) is 4.98 Å². The van der Waals surface area contributed by atoms with Crippen molar-refractivity contribution in [2.24, 2.45) is 17.1 Å². The highest BCUT2D eigenvalue weighted by molar-refractivity contribution is 7.92. The number of nitrogens with two attached hydrogens (primary N) is 1. The van der Waals surface area contributed by atoms with E-state index >= 15 is 0 Å². The van der Waals surface area contributed by atoms with Gasteiger partial charge in [0.25, 0.3) is 11.8 Å². The van der Waals surface area contributed by atoms with Gasteiger partial charge in [-0.2, -0.15) is 0 Å². The van der Waals surface area contributed by atoms with Crippen LogP contribution in [0.1, 0.15) is 74.7 Å². The molecule has 2 aromatic rings. The van der Waals surface area contributed by atoms with Crippen molar-refractivity contribution in [2.75, 3.05) is 65.0 Å². The van der Waals surface area contributed by atoms with E-state index in [1.807, 2.05) is 0 Å². The summed E-state index contributed by atoms with van der Waals surface area (Å²) in [5.74, 6) is -3.09. The van der Waals surface area contributed by atoms with Crippen molar-refractivity contribution in [3.8, 4) is 5.75 Å². The molecule has 268 valence electrons. The number of ether oxygens (including phenoxy) is 2. The number of nitrogens with zero attached hydrogens (tertiary/aromatic N) is 3.